The van der Waals surface area contributed by atoms with Crippen LogP contribution >= 0.6 is 23.2 Å². The summed E-state index contributed by atoms with van der Waals surface area (Å²) in [5.41, 5.74) is 1.16. The topological polar surface area (TPSA) is 58.1 Å². The van der Waals surface area contributed by atoms with E-state index in [1.54, 1.807) is 18.2 Å². The van der Waals surface area contributed by atoms with Gasteiger partial charge >= 0.3 is 0 Å². The van der Waals surface area contributed by atoms with E-state index in [0.717, 1.165) is 25.9 Å². The summed E-state index contributed by atoms with van der Waals surface area (Å²) >= 11 is 11.9. The Kier molecular flexibility index (Phi) is 6.82. The second kappa shape index (κ2) is 8.85. The number of nitrogens with one attached hydrogen (secondary N) is 1. The largest absolute Gasteiger partial charge is 0.339 e. The number of hydrogen-bond donors (Lipinski definition) is 1. The Morgan fingerprint density at radius 2 is 1.58 bits per heavy atom. The molecule has 0 saturated heterocycles. The molecule has 0 aliphatic carbocycles. The Balaban J connectivity index is 2.10. The quantitative estimate of drug-likeness (QED) is 0.765. The summed E-state index contributed by atoms with van der Waals surface area (Å²) in [6.45, 7) is 5.56. The van der Waals surface area contributed by atoms with Gasteiger partial charge in [0.1, 0.15) is 0 Å². The van der Waals surface area contributed by atoms with Gasteiger partial charge < -0.3 is 10.2 Å². The van der Waals surface area contributed by atoms with Gasteiger partial charge in [-0.3, -0.25) is 4.79 Å². The third-order valence-electron chi connectivity index (χ3n) is 3.29. The fourth-order valence-electron chi connectivity index (χ4n) is 2.30. The molecule has 2 rings (SSSR count). The lowest BCUT2D eigenvalue weighted by Gasteiger charge is -2.21. The van der Waals surface area contributed by atoms with E-state index < -0.39 is 0 Å². The van der Waals surface area contributed by atoms with Gasteiger partial charge in [-0.15, -0.1) is 0 Å². The smallest absolute Gasteiger partial charge is 0.256 e. The van der Waals surface area contributed by atoms with Crippen LogP contribution in [0.5, 0.6) is 0 Å². The van der Waals surface area contributed by atoms with Gasteiger partial charge in [-0.25, -0.2) is 9.97 Å². The highest BCUT2D eigenvalue weighted by atomic mass is 35.5. The van der Waals surface area contributed by atoms with E-state index >= 15 is 0 Å². The molecule has 0 spiro atoms. The number of amides is 1. The average molecular weight is 367 g/mol. The molecule has 0 atom stereocenters. The van der Waals surface area contributed by atoms with Gasteiger partial charge in [-0.2, -0.15) is 0 Å². The molecule has 24 heavy (non-hydrogen) atoms. The van der Waals surface area contributed by atoms with E-state index in [2.05, 4.69) is 29.1 Å². The third-order valence-corrected chi connectivity index (χ3v) is 3.73. The normalized spacial score (nSPS) is 10.5. The molecule has 5 nitrogen and oxygen atoms in total. The van der Waals surface area contributed by atoms with Gasteiger partial charge in [0.15, 0.2) is 0 Å². The van der Waals surface area contributed by atoms with Crippen molar-refractivity contribution >= 4 is 40.7 Å². The van der Waals surface area contributed by atoms with E-state index in [1.807, 2.05) is 4.90 Å². The van der Waals surface area contributed by atoms with Crippen molar-refractivity contribution in [1.82, 2.24) is 14.9 Å². The predicted octanol–water partition coefficient (Wildman–Crippen LogP) is 4.79. The number of anilines is 2. The van der Waals surface area contributed by atoms with Crippen molar-refractivity contribution < 1.29 is 4.79 Å². The Morgan fingerprint density at radius 1 is 1.04 bits per heavy atom. The van der Waals surface area contributed by atoms with E-state index in [-0.39, 0.29) is 5.91 Å². The maximum Gasteiger partial charge on any atom is 0.256 e. The highest BCUT2D eigenvalue weighted by Crippen LogP contribution is 2.24. The molecule has 1 amide bonds. The Bertz CT molecular complexity index is 665. The third kappa shape index (κ3) is 5.08. The van der Waals surface area contributed by atoms with Gasteiger partial charge in [-0.05, 0) is 31.0 Å². The molecule has 0 radical (unpaired) electrons. The maximum absolute atomic E-state index is 12.5. The molecule has 1 N–H and O–H groups in total. The van der Waals surface area contributed by atoms with Crippen LogP contribution in [-0.4, -0.2) is 33.9 Å². The Hall–Kier alpha value is -1.85. The molecule has 0 aliphatic heterocycles. The number of hydrogen-bond acceptors (Lipinski definition) is 4. The van der Waals surface area contributed by atoms with Gasteiger partial charge in [0.25, 0.3) is 5.91 Å². The minimum absolute atomic E-state index is 0.0453. The predicted molar refractivity (Wildman–Crippen MR) is 98.3 cm³/mol. The van der Waals surface area contributed by atoms with E-state index in [9.17, 15) is 4.79 Å². The van der Waals surface area contributed by atoms with Crippen LogP contribution in [0.1, 0.15) is 37.0 Å². The van der Waals surface area contributed by atoms with Crippen molar-refractivity contribution in [2.75, 3.05) is 18.4 Å². The molecule has 1 heterocycles. The number of benzene rings is 1. The molecule has 0 fully saturated rings. The highest BCUT2D eigenvalue weighted by Gasteiger charge is 2.15. The van der Waals surface area contributed by atoms with Crippen molar-refractivity contribution in [3.8, 4) is 0 Å². The lowest BCUT2D eigenvalue weighted by molar-refractivity contribution is 0.0755. The summed E-state index contributed by atoms with van der Waals surface area (Å²) < 4.78 is 0. The number of rotatable bonds is 7. The SMILES string of the molecule is CCCN(CCC)C(=O)c1cnc(Nc2cc(Cl)cc(Cl)c2)nc1. The van der Waals surface area contributed by atoms with Crippen LogP contribution in [0, 0.1) is 0 Å². The molecule has 1 aromatic heterocycles. The molecular weight excluding hydrogens is 347 g/mol. The molecule has 0 bridgehead atoms. The minimum Gasteiger partial charge on any atom is -0.339 e. The average Bonchev–Trinajstić information content (AvgIpc) is 2.54. The summed E-state index contributed by atoms with van der Waals surface area (Å²) in [6.07, 6.45) is 4.90. The zero-order valence-electron chi connectivity index (χ0n) is 13.7. The van der Waals surface area contributed by atoms with Crippen LogP contribution in [0.3, 0.4) is 0 Å². The lowest BCUT2D eigenvalue weighted by atomic mass is 10.2. The molecule has 2 aromatic rings. The first kappa shape index (κ1) is 18.5. The lowest BCUT2D eigenvalue weighted by Crippen LogP contribution is -2.32. The first-order valence-corrected chi connectivity index (χ1v) is 8.63. The number of aromatic nitrogens is 2. The maximum atomic E-state index is 12.5. The molecule has 0 aliphatic rings. The van der Waals surface area contributed by atoms with Crippen LogP contribution in [-0.2, 0) is 0 Å². The second-order valence-electron chi connectivity index (χ2n) is 5.37. The molecule has 7 heteroatoms. The van der Waals surface area contributed by atoms with Crippen LogP contribution in [0.2, 0.25) is 10.0 Å². The first-order chi connectivity index (χ1) is 11.5. The van der Waals surface area contributed by atoms with Crippen LogP contribution in [0.4, 0.5) is 11.6 Å². The summed E-state index contributed by atoms with van der Waals surface area (Å²) in [5, 5.41) is 4.06. The molecule has 1 aromatic carbocycles. The zero-order valence-corrected chi connectivity index (χ0v) is 15.2. The Labute approximate surface area is 152 Å². The van der Waals surface area contributed by atoms with Gasteiger partial charge in [0.05, 0.1) is 5.56 Å². The standard InChI is InChI=1S/C17H20Cl2N4O/c1-3-5-23(6-4-2)16(24)12-10-20-17(21-11-12)22-15-8-13(18)7-14(19)9-15/h7-11H,3-6H2,1-2H3,(H,20,21,22). The molecule has 0 saturated carbocycles. The number of nitrogens with zero attached hydrogens (tertiary/aromatic N) is 3. The number of carbonyl (C=O) groups excluding carboxylic acids is 1. The van der Waals surface area contributed by atoms with Crippen molar-refractivity contribution in [3.05, 3.63) is 46.2 Å². The first-order valence-electron chi connectivity index (χ1n) is 7.88. The zero-order chi connectivity index (χ0) is 17.5. The summed E-state index contributed by atoms with van der Waals surface area (Å²) in [7, 11) is 0. The van der Waals surface area contributed by atoms with E-state index in [0.29, 0.717) is 27.2 Å². The fraction of sp³-hybridized carbons (Fsp3) is 0.353. The second-order valence-corrected chi connectivity index (χ2v) is 6.24. The van der Waals surface area contributed by atoms with Crippen LogP contribution in [0.25, 0.3) is 0 Å². The van der Waals surface area contributed by atoms with Crippen molar-refractivity contribution in [2.24, 2.45) is 0 Å². The highest BCUT2D eigenvalue weighted by molar-refractivity contribution is 6.35. The summed E-state index contributed by atoms with van der Waals surface area (Å²) in [4.78, 5) is 22.7. The monoisotopic (exact) mass is 366 g/mol. The van der Waals surface area contributed by atoms with Gasteiger partial charge in [0, 0.05) is 41.2 Å². The minimum atomic E-state index is -0.0453. The van der Waals surface area contributed by atoms with Crippen LogP contribution < -0.4 is 5.32 Å². The van der Waals surface area contributed by atoms with Crippen molar-refractivity contribution in [3.63, 3.8) is 0 Å². The van der Waals surface area contributed by atoms with Gasteiger partial charge in [-0.1, -0.05) is 37.0 Å². The van der Waals surface area contributed by atoms with Crippen molar-refractivity contribution in [1.29, 1.82) is 0 Å². The van der Waals surface area contributed by atoms with Crippen LogP contribution in [0.15, 0.2) is 30.6 Å². The van der Waals surface area contributed by atoms with Crippen molar-refractivity contribution in [2.45, 2.75) is 26.7 Å². The molecule has 128 valence electrons. The number of carbonyl (C=O) groups is 1. The molecular formula is C17H20Cl2N4O. The fourth-order valence-corrected chi connectivity index (χ4v) is 2.82. The molecule has 0 unspecified atom stereocenters. The number of halogens is 2. The van der Waals surface area contributed by atoms with E-state index in [1.165, 1.54) is 12.4 Å². The summed E-state index contributed by atoms with van der Waals surface area (Å²) in [5.74, 6) is 0.332. The Morgan fingerprint density at radius 3 is 2.08 bits per heavy atom. The summed E-state index contributed by atoms with van der Waals surface area (Å²) in [6, 6.07) is 5.09. The van der Waals surface area contributed by atoms with E-state index in [4.69, 9.17) is 23.2 Å². The van der Waals surface area contributed by atoms with Gasteiger partial charge in [0.2, 0.25) is 5.95 Å².